The van der Waals surface area contributed by atoms with E-state index in [9.17, 15) is 14.4 Å². The monoisotopic (exact) mass is 328 g/mol. The maximum atomic E-state index is 12.2. The first-order valence-electron chi connectivity index (χ1n) is 6.54. The Kier molecular flexibility index (Phi) is 6.85. The van der Waals surface area contributed by atoms with Gasteiger partial charge in [-0.2, -0.15) is 0 Å². The van der Waals surface area contributed by atoms with Gasteiger partial charge in [0, 0.05) is 5.02 Å². The minimum atomic E-state index is -1.45. The predicted octanol–water partition coefficient (Wildman–Crippen LogP) is 1.95. The standard InChI is InChI=1S/C15H17ClO6/c1-4-22-15(19)11(9-5-7-10(16)8-6-9)12(13(17)20-2)14(18)21-3/h5-8,11-12H,4H2,1-3H3. The molecule has 0 radical (unpaired) electrons. The Balaban J connectivity index is 3.32. The third kappa shape index (κ3) is 4.21. The quantitative estimate of drug-likeness (QED) is 0.451. The van der Waals surface area contributed by atoms with E-state index in [4.69, 9.17) is 16.3 Å². The van der Waals surface area contributed by atoms with E-state index in [0.29, 0.717) is 10.6 Å². The molecule has 0 aliphatic heterocycles. The fraction of sp³-hybridized carbons (Fsp3) is 0.400. The van der Waals surface area contributed by atoms with Crippen LogP contribution in [0.5, 0.6) is 0 Å². The van der Waals surface area contributed by atoms with Crippen LogP contribution in [-0.4, -0.2) is 38.7 Å². The molecule has 0 N–H and O–H groups in total. The molecule has 0 amide bonds. The molecule has 1 unspecified atom stereocenters. The summed E-state index contributed by atoms with van der Waals surface area (Å²) in [7, 11) is 2.25. The van der Waals surface area contributed by atoms with Crippen molar-refractivity contribution in [3.05, 3.63) is 34.9 Å². The molecule has 6 nitrogen and oxygen atoms in total. The number of methoxy groups -OCH3 is 2. The second-order valence-corrected chi connectivity index (χ2v) is 4.74. The molecule has 0 aliphatic carbocycles. The van der Waals surface area contributed by atoms with Crippen LogP contribution in [0.4, 0.5) is 0 Å². The normalized spacial score (nSPS) is 11.7. The van der Waals surface area contributed by atoms with E-state index in [-0.39, 0.29) is 6.61 Å². The second kappa shape index (κ2) is 8.38. The van der Waals surface area contributed by atoms with Crippen LogP contribution in [0.3, 0.4) is 0 Å². The number of carbonyl (C=O) groups excluding carboxylic acids is 3. The number of carbonyl (C=O) groups is 3. The zero-order valence-electron chi connectivity index (χ0n) is 12.5. The van der Waals surface area contributed by atoms with Crippen molar-refractivity contribution in [2.24, 2.45) is 5.92 Å². The Morgan fingerprint density at radius 2 is 1.50 bits per heavy atom. The largest absolute Gasteiger partial charge is 0.468 e. The molecule has 1 aromatic rings. The van der Waals surface area contributed by atoms with E-state index in [1.807, 2.05) is 0 Å². The highest BCUT2D eigenvalue weighted by Crippen LogP contribution is 2.29. The second-order valence-electron chi connectivity index (χ2n) is 4.31. The highest BCUT2D eigenvalue weighted by molar-refractivity contribution is 6.30. The van der Waals surface area contributed by atoms with Gasteiger partial charge in [-0.1, -0.05) is 23.7 Å². The Hall–Kier alpha value is -2.08. The third-order valence-electron chi connectivity index (χ3n) is 3.01. The first-order chi connectivity index (χ1) is 10.5. The maximum Gasteiger partial charge on any atom is 0.321 e. The topological polar surface area (TPSA) is 78.9 Å². The van der Waals surface area contributed by atoms with Crippen LogP contribution in [0.1, 0.15) is 18.4 Å². The maximum absolute atomic E-state index is 12.2. The summed E-state index contributed by atoms with van der Waals surface area (Å²) in [5.41, 5.74) is 0.406. The molecule has 1 aromatic carbocycles. The summed E-state index contributed by atoms with van der Waals surface area (Å²) in [6.45, 7) is 1.74. The van der Waals surface area contributed by atoms with Crippen LogP contribution in [0.2, 0.25) is 5.02 Å². The van der Waals surface area contributed by atoms with Crippen LogP contribution in [0.25, 0.3) is 0 Å². The molecule has 0 saturated heterocycles. The van der Waals surface area contributed by atoms with Gasteiger partial charge < -0.3 is 14.2 Å². The lowest BCUT2D eigenvalue weighted by atomic mass is 9.86. The first-order valence-corrected chi connectivity index (χ1v) is 6.91. The van der Waals surface area contributed by atoms with Gasteiger partial charge in [0.2, 0.25) is 0 Å². The summed E-state index contributed by atoms with van der Waals surface area (Å²) < 4.78 is 14.2. The first kappa shape index (κ1) is 18.0. The van der Waals surface area contributed by atoms with Crippen LogP contribution in [0.15, 0.2) is 24.3 Å². The van der Waals surface area contributed by atoms with Crippen molar-refractivity contribution in [1.82, 2.24) is 0 Å². The minimum Gasteiger partial charge on any atom is -0.468 e. The molecule has 120 valence electrons. The molecule has 0 spiro atoms. The number of rotatable bonds is 6. The number of esters is 3. The van der Waals surface area contributed by atoms with Crippen molar-refractivity contribution < 1.29 is 28.6 Å². The molecule has 0 bridgehead atoms. The van der Waals surface area contributed by atoms with Crippen molar-refractivity contribution in [3.63, 3.8) is 0 Å². The highest BCUT2D eigenvalue weighted by Gasteiger charge is 2.43. The van der Waals surface area contributed by atoms with Gasteiger partial charge >= 0.3 is 17.9 Å². The van der Waals surface area contributed by atoms with Crippen LogP contribution >= 0.6 is 11.6 Å². The van der Waals surface area contributed by atoms with Crippen molar-refractivity contribution >= 4 is 29.5 Å². The molecular weight excluding hydrogens is 312 g/mol. The lowest BCUT2D eigenvalue weighted by Gasteiger charge is -2.22. The Labute approximate surface area is 133 Å². The Morgan fingerprint density at radius 1 is 1.00 bits per heavy atom. The minimum absolute atomic E-state index is 0.109. The lowest BCUT2D eigenvalue weighted by Crippen LogP contribution is -2.37. The molecule has 0 heterocycles. The average Bonchev–Trinajstić information content (AvgIpc) is 2.52. The van der Waals surface area contributed by atoms with Gasteiger partial charge in [-0.15, -0.1) is 0 Å². The number of halogens is 1. The van der Waals surface area contributed by atoms with Gasteiger partial charge in [-0.25, -0.2) is 0 Å². The number of benzene rings is 1. The predicted molar refractivity (Wildman–Crippen MR) is 78.3 cm³/mol. The number of hydrogen-bond donors (Lipinski definition) is 0. The fourth-order valence-electron chi connectivity index (χ4n) is 1.99. The lowest BCUT2D eigenvalue weighted by molar-refractivity contribution is -0.165. The molecule has 0 fully saturated rings. The van der Waals surface area contributed by atoms with Gasteiger partial charge in [-0.3, -0.25) is 14.4 Å². The molecular formula is C15H17ClO6. The highest BCUT2D eigenvalue weighted by atomic mass is 35.5. The van der Waals surface area contributed by atoms with E-state index < -0.39 is 29.7 Å². The van der Waals surface area contributed by atoms with E-state index in [2.05, 4.69) is 9.47 Å². The van der Waals surface area contributed by atoms with Crippen molar-refractivity contribution in [2.45, 2.75) is 12.8 Å². The SMILES string of the molecule is CCOC(=O)C(c1ccc(Cl)cc1)C(C(=O)OC)C(=O)OC. The summed E-state index contributed by atoms with van der Waals surface area (Å²) in [4.78, 5) is 36.1. The Bertz CT molecular complexity index is 523. The number of hydrogen-bond acceptors (Lipinski definition) is 6. The molecule has 0 saturated carbocycles. The van der Waals surface area contributed by atoms with Crippen molar-refractivity contribution in [1.29, 1.82) is 0 Å². The van der Waals surface area contributed by atoms with Gasteiger partial charge in [0.05, 0.1) is 20.8 Å². The fourth-order valence-corrected chi connectivity index (χ4v) is 2.12. The van der Waals surface area contributed by atoms with Crippen LogP contribution in [0, 0.1) is 5.92 Å². The number of ether oxygens (including phenoxy) is 3. The van der Waals surface area contributed by atoms with E-state index >= 15 is 0 Å². The zero-order valence-corrected chi connectivity index (χ0v) is 13.3. The summed E-state index contributed by atoms with van der Waals surface area (Å²) in [5.74, 6) is -5.09. The van der Waals surface area contributed by atoms with Gasteiger partial charge in [-0.05, 0) is 24.6 Å². The summed E-state index contributed by atoms with van der Waals surface area (Å²) in [6.07, 6.45) is 0. The average molecular weight is 329 g/mol. The van der Waals surface area contributed by atoms with Gasteiger partial charge in [0.15, 0.2) is 5.92 Å². The molecule has 1 atom stereocenters. The third-order valence-corrected chi connectivity index (χ3v) is 3.27. The molecule has 0 aliphatic rings. The summed E-state index contributed by atoms with van der Waals surface area (Å²) in [5, 5.41) is 0.457. The molecule has 1 rings (SSSR count). The van der Waals surface area contributed by atoms with Crippen molar-refractivity contribution in [3.8, 4) is 0 Å². The zero-order chi connectivity index (χ0) is 16.7. The van der Waals surface area contributed by atoms with E-state index in [1.54, 1.807) is 31.2 Å². The van der Waals surface area contributed by atoms with Crippen LogP contribution in [-0.2, 0) is 28.6 Å². The van der Waals surface area contributed by atoms with Gasteiger partial charge in [0.1, 0.15) is 5.92 Å². The van der Waals surface area contributed by atoms with E-state index in [0.717, 1.165) is 14.2 Å². The molecule has 7 heteroatoms. The van der Waals surface area contributed by atoms with Gasteiger partial charge in [0.25, 0.3) is 0 Å². The smallest absolute Gasteiger partial charge is 0.321 e. The van der Waals surface area contributed by atoms with Crippen molar-refractivity contribution in [2.75, 3.05) is 20.8 Å². The summed E-state index contributed by atoms with van der Waals surface area (Å²) >= 11 is 5.82. The van der Waals surface area contributed by atoms with E-state index in [1.165, 1.54) is 0 Å². The molecule has 0 aromatic heterocycles. The molecule has 22 heavy (non-hydrogen) atoms. The summed E-state index contributed by atoms with van der Waals surface area (Å²) in [6, 6.07) is 6.19. The Morgan fingerprint density at radius 3 is 1.91 bits per heavy atom. The van der Waals surface area contributed by atoms with Crippen LogP contribution < -0.4 is 0 Å².